The normalized spacial score (nSPS) is 24.9. The number of aryl methyl sites for hydroxylation is 1. The van der Waals surface area contributed by atoms with Crippen molar-refractivity contribution in [2.24, 2.45) is 17.6 Å². The largest absolute Gasteiger partial charge is 0.369 e. The van der Waals surface area contributed by atoms with Gasteiger partial charge in [-0.25, -0.2) is 22.4 Å². The van der Waals surface area contributed by atoms with Crippen LogP contribution in [0.15, 0.2) is 30.3 Å². The van der Waals surface area contributed by atoms with E-state index in [-0.39, 0.29) is 30.6 Å². The Balaban J connectivity index is 1.41. The lowest BCUT2D eigenvalue weighted by Crippen LogP contribution is -2.40. The van der Waals surface area contributed by atoms with Gasteiger partial charge in [0.15, 0.2) is 5.82 Å². The number of nitrogens with zero attached hydrogens (tertiary/aromatic N) is 4. The van der Waals surface area contributed by atoms with Crippen LogP contribution in [0.5, 0.6) is 0 Å². The number of rotatable bonds is 6. The Labute approximate surface area is 203 Å². The van der Waals surface area contributed by atoms with Gasteiger partial charge in [0.1, 0.15) is 0 Å². The van der Waals surface area contributed by atoms with Gasteiger partial charge in [0.2, 0.25) is 5.91 Å². The lowest BCUT2D eigenvalue weighted by Gasteiger charge is -2.31. The summed E-state index contributed by atoms with van der Waals surface area (Å²) in [6.45, 7) is 3.89. The second kappa shape index (κ2) is 8.41. The predicted molar refractivity (Wildman–Crippen MR) is 129 cm³/mol. The number of pyridine rings is 1. The number of alkyl halides is 2. The molecule has 2 fully saturated rings. The highest BCUT2D eigenvalue weighted by molar-refractivity contribution is 7.94. The van der Waals surface area contributed by atoms with Crippen molar-refractivity contribution in [3.63, 3.8) is 0 Å². The van der Waals surface area contributed by atoms with E-state index >= 15 is 0 Å². The average Bonchev–Trinajstić information content (AvgIpc) is 3.38. The highest BCUT2D eigenvalue weighted by Gasteiger charge is 2.59. The fourth-order valence-corrected chi connectivity index (χ4v) is 6.40. The number of hydrogen-bond acceptors (Lipinski definition) is 5. The molecule has 188 valence electrons. The van der Waals surface area contributed by atoms with Crippen LogP contribution in [0.3, 0.4) is 0 Å². The molecular formula is C24H29F2N5O3S. The number of carbonyl (C=O) groups excluding carboxylic acids is 1. The molecule has 1 saturated heterocycles. The number of amides is 1. The number of halogens is 2. The minimum atomic E-state index is -3.95. The van der Waals surface area contributed by atoms with E-state index in [2.05, 4.69) is 9.88 Å². The molecule has 2 atom stereocenters. The molecule has 0 spiro atoms. The minimum absolute atomic E-state index is 0.136. The number of nitrogens with two attached hydrogens (primary N) is 1. The van der Waals surface area contributed by atoms with E-state index in [4.69, 9.17) is 5.73 Å². The van der Waals surface area contributed by atoms with E-state index in [1.807, 2.05) is 25.1 Å². The van der Waals surface area contributed by atoms with E-state index in [0.29, 0.717) is 24.5 Å². The first kappa shape index (κ1) is 23.9. The molecule has 1 amide bonds. The lowest BCUT2D eigenvalue weighted by atomic mass is 9.96. The van der Waals surface area contributed by atoms with E-state index < -0.39 is 22.0 Å². The number of likely N-dealkylation sites (tertiary alicyclic amines) is 1. The van der Waals surface area contributed by atoms with Gasteiger partial charge in [-0.15, -0.1) is 0 Å². The molecule has 1 aromatic carbocycles. The van der Waals surface area contributed by atoms with Crippen LogP contribution in [0.4, 0.5) is 20.3 Å². The topological polar surface area (TPSA) is 99.8 Å². The van der Waals surface area contributed by atoms with Crippen LogP contribution in [0.2, 0.25) is 0 Å². The van der Waals surface area contributed by atoms with Crippen molar-refractivity contribution in [1.29, 1.82) is 0 Å². The molecular weight excluding hydrogens is 476 g/mol. The molecule has 2 aliphatic heterocycles. The third-order valence-corrected chi connectivity index (χ3v) is 9.05. The highest BCUT2D eigenvalue weighted by atomic mass is 32.2. The van der Waals surface area contributed by atoms with Gasteiger partial charge in [0, 0.05) is 44.6 Å². The van der Waals surface area contributed by atoms with Gasteiger partial charge < -0.3 is 5.73 Å². The first-order valence-corrected chi connectivity index (χ1v) is 13.1. The molecule has 5 rings (SSSR count). The average molecular weight is 506 g/mol. The van der Waals surface area contributed by atoms with Gasteiger partial charge in [-0.05, 0) is 55.6 Å². The quantitative estimate of drug-likeness (QED) is 0.651. The maximum Gasteiger partial charge on any atom is 0.327 e. The molecule has 1 aliphatic carbocycles. The second-order valence-electron chi connectivity index (χ2n) is 9.83. The molecule has 0 bridgehead atoms. The molecule has 3 aliphatic rings. The maximum absolute atomic E-state index is 13.5. The van der Waals surface area contributed by atoms with Gasteiger partial charge >= 0.3 is 10.2 Å². The van der Waals surface area contributed by atoms with E-state index in [9.17, 15) is 22.0 Å². The standard InChI is InChI=1S/C24H29F2N5O3S/c1-15-5-6-16(12-30-9-3-4-17(13-30)22(27)32)10-19(15)20-7-8-21-23(28-20)29(2)35(33,34)31(21)14-18-11-24(18,25)26/h5-8,10,17-18H,3-4,9,11-14H2,1-2H3,(H2,27,32). The van der Waals surface area contributed by atoms with Crippen molar-refractivity contribution in [3.05, 3.63) is 41.5 Å². The van der Waals surface area contributed by atoms with E-state index in [0.717, 1.165) is 44.7 Å². The summed E-state index contributed by atoms with van der Waals surface area (Å²) in [6, 6.07) is 9.45. The van der Waals surface area contributed by atoms with E-state index in [1.54, 1.807) is 12.1 Å². The van der Waals surface area contributed by atoms with Crippen LogP contribution in [-0.4, -0.2) is 56.8 Å². The van der Waals surface area contributed by atoms with Gasteiger partial charge in [-0.2, -0.15) is 8.42 Å². The Morgan fingerprint density at radius 3 is 2.69 bits per heavy atom. The summed E-state index contributed by atoms with van der Waals surface area (Å²) in [7, 11) is -2.56. The summed E-state index contributed by atoms with van der Waals surface area (Å²) in [6.07, 6.45) is 1.44. The SMILES string of the molecule is Cc1ccc(CN2CCCC(C(N)=O)C2)cc1-c1ccc2c(n1)N(C)S(=O)(=O)N2CC1CC1(F)F. The first-order valence-electron chi connectivity index (χ1n) is 11.7. The molecule has 11 heteroatoms. The number of fused-ring (bicyclic) bond motifs is 1. The van der Waals surface area contributed by atoms with Crippen LogP contribution in [0.25, 0.3) is 11.3 Å². The third kappa shape index (κ3) is 4.35. The molecule has 3 heterocycles. The third-order valence-electron chi connectivity index (χ3n) is 7.28. The molecule has 1 saturated carbocycles. The van der Waals surface area contributed by atoms with Gasteiger partial charge in [0.25, 0.3) is 5.92 Å². The number of piperidine rings is 1. The van der Waals surface area contributed by atoms with Crippen LogP contribution < -0.4 is 14.3 Å². The Morgan fingerprint density at radius 2 is 2.00 bits per heavy atom. The fourth-order valence-electron chi connectivity index (χ4n) is 4.99. The predicted octanol–water partition coefficient (Wildman–Crippen LogP) is 2.91. The van der Waals surface area contributed by atoms with Crippen molar-refractivity contribution in [2.45, 2.75) is 38.7 Å². The molecule has 2 aromatic rings. The van der Waals surface area contributed by atoms with Crippen molar-refractivity contribution in [1.82, 2.24) is 9.88 Å². The number of hydrogen-bond donors (Lipinski definition) is 1. The Bertz CT molecular complexity index is 1290. The summed E-state index contributed by atoms with van der Waals surface area (Å²) in [5.41, 5.74) is 9.34. The Morgan fingerprint density at radius 1 is 1.26 bits per heavy atom. The zero-order valence-electron chi connectivity index (χ0n) is 19.7. The first-order chi connectivity index (χ1) is 16.5. The molecule has 2 unspecified atom stereocenters. The zero-order valence-corrected chi connectivity index (χ0v) is 20.6. The molecule has 0 radical (unpaired) electrons. The maximum atomic E-state index is 13.5. The minimum Gasteiger partial charge on any atom is -0.369 e. The molecule has 2 N–H and O–H groups in total. The fraction of sp³-hybridized carbons (Fsp3) is 0.500. The lowest BCUT2D eigenvalue weighted by molar-refractivity contribution is -0.123. The zero-order chi connectivity index (χ0) is 25.1. The number of benzene rings is 1. The Hall–Kier alpha value is -2.79. The monoisotopic (exact) mass is 505 g/mol. The second-order valence-corrected chi connectivity index (χ2v) is 11.7. The van der Waals surface area contributed by atoms with Crippen molar-refractivity contribution in [2.75, 3.05) is 35.3 Å². The van der Waals surface area contributed by atoms with E-state index in [1.165, 1.54) is 7.05 Å². The smallest absolute Gasteiger partial charge is 0.327 e. The summed E-state index contributed by atoms with van der Waals surface area (Å²) in [5.74, 6) is -3.95. The van der Waals surface area contributed by atoms with Crippen molar-refractivity contribution in [3.8, 4) is 11.3 Å². The van der Waals surface area contributed by atoms with Gasteiger partial charge in [0.05, 0.1) is 17.3 Å². The van der Waals surface area contributed by atoms with Crippen molar-refractivity contribution < 1.29 is 22.0 Å². The van der Waals surface area contributed by atoms with Gasteiger partial charge in [-0.3, -0.25) is 9.69 Å². The van der Waals surface area contributed by atoms with Crippen LogP contribution in [-0.2, 0) is 21.5 Å². The van der Waals surface area contributed by atoms with Crippen molar-refractivity contribution >= 4 is 27.6 Å². The molecule has 8 nitrogen and oxygen atoms in total. The summed E-state index contributed by atoms with van der Waals surface area (Å²) in [4.78, 5) is 18.5. The number of anilines is 2. The van der Waals surface area contributed by atoms with Crippen LogP contribution in [0.1, 0.15) is 30.4 Å². The Kier molecular flexibility index (Phi) is 5.75. The van der Waals surface area contributed by atoms with Crippen LogP contribution >= 0.6 is 0 Å². The molecule has 1 aromatic heterocycles. The number of primary amides is 1. The molecule has 35 heavy (non-hydrogen) atoms. The number of carbonyl (C=O) groups is 1. The summed E-state index contributed by atoms with van der Waals surface area (Å²) in [5, 5.41) is 0. The van der Waals surface area contributed by atoms with Crippen LogP contribution in [0, 0.1) is 18.8 Å². The number of aromatic nitrogens is 1. The highest BCUT2D eigenvalue weighted by Crippen LogP contribution is 2.51. The summed E-state index contributed by atoms with van der Waals surface area (Å²) >= 11 is 0. The summed E-state index contributed by atoms with van der Waals surface area (Å²) < 4.78 is 54.9. The van der Waals surface area contributed by atoms with Gasteiger partial charge in [-0.1, -0.05) is 12.1 Å².